The van der Waals surface area contributed by atoms with Crippen LogP contribution in [0.15, 0.2) is 53.4 Å². The summed E-state index contributed by atoms with van der Waals surface area (Å²) in [6.07, 6.45) is 0.751. The molecule has 0 bridgehead atoms. The van der Waals surface area contributed by atoms with Gasteiger partial charge in [-0.2, -0.15) is 0 Å². The number of hydrogen-bond acceptors (Lipinski definition) is 3. The summed E-state index contributed by atoms with van der Waals surface area (Å²) in [5.41, 5.74) is 1.79. The van der Waals surface area contributed by atoms with Crippen molar-refractivity contribution in [3.8, 4) is 0 Å². The highest BCUT2D eigenvalue weighted by Crippen LogP contribution is 2.27. The normalized spacial score (nSPS) is 11.8. The van der Waals surface area contributed by atoms with Gasteiger partial charge >= 0.3 is 0 Å². The predicted octanol–water partition coefficient (Wildman–Crippen LogP) is 4.38. The van der Waals surface area contributed by atoms with Crippen LogP contribution < -0.4 is 5.32 Å². The average Bonchev–Trinajstić information content (AvgIpc) is 2.54. The van der Waals surface area contributed by atoms with Crippen LogP contribution in [-0.4, -0.2) is 23.5 Å². The lowest BCUT2D eigenvalue weighted by molar-refractivity contribution is -0.118. The number of hydrogen-bond donors (Lipinski definition) is 1. The molecule has 1 N–H and O–H groups in total. The zero-order valence-electron chi connectivity index (χ0n) is 13.7. The monoisotopic (exact) mass is 361 g/mol. The molecule has 2 aromatic rings. The summed E-state index contributed by atoms with van der Waals surface area (Å²) in [5, 5.41) is 3.24. The third-order valence-electron chi connectivity index (χ3n) is 3.50. The molecule has 0 saturated heterocycles. The third kappa shape index (κ3) is 5.69. The Hall–Kier alpha value is -1.78. The molecule has 0 saturated carbocycles. The highest BCUT2D eigenvalue weighted by molar-refractivity contribution is 8.00. The van der Waals surface area contributed by atoms with Gasteiger partial charge in [0.15, 0.2) is 5.78 Å². The number of thioether (sulfide) groups is 1. The Labute approximate surface area is 151 Å². The molecule has 0 radical (unpaired) electrons. The van der Waals surface area contributed by atoms with E-state index in [9.17, 15) is 9.59 Å². The van der Waals surface area contributed by atoms with Gasteiger partial charge in [0, 0.05) is 29.0 Å². The Kier molecular flexibility index (Phi) is 6.88. The molecule has 0 aliphatic rings. The standard InChI is InChI=1S/C19H20ClNO2S/c1-13(24-18-5-3-4-17(20)12-18)19(23)16-8-6-15(7-9-16)10-11-21-14(2)22/h3-9,12-13H,10-11H2,1-2H3,(H,21,22). The van der Waals surface area contributed by atoms with Crippen molar-refractivity contribution in [1.82, 2.24) is 5.32 Å². The second kappa shape index (κ2) is 8.90. The number of halogens is 1. The molecule has 3 nitrogen and oxygen atoms in total. The largest absolute Gasteiger partial charge is 0.356 e. The van der Waals surface area contributed by atoms with Crippen LogP contribution in [-0.2, 0) is 11.2 Å². The van der Waals surface area contributed by atoms with Crippen LogP contribution in [0.2, 0.25) is 5.02 Å². The number of amides is 1. The summed E-state index contributed by atoms with van der Waals surface area (Å²) in [5.74, 6) is 0.0575. The Morgan fingerprint density at radius 3 is 2.50 bits per heavy atom. The van der Waals surface area contributed by atoms with Crippen molar-refractivity contribution in [3.63, 3.8) is 0 Å². The van der Waals surface area contributed by atoms with E-state index in [1.165, 1.54) is 18.7 Å². The minimum atomic E-state index is -0.186. The van der Waals surface area contributed by atoms with Gasteiger partial charge in [-0.15, -0.1) is 11.8 Å². The average molecular weight is 362 g/mol. The van der Waals surface area contributed by atoms with Gasteiger partial charge in [0.05, 0.1) is 5.25 Å². The molecule has 24 heavy (non-hydrogen) atoms. The summed E-state index contributed by atoms with van der Waals surface area (Å²) < 4.78 is 0. The summed E-state index contributed by atoms with van der Waals surface area (Å²) in [4.78, 5) is 24.4. The van der Waals surface area contributed by atoms with Gasteiger partial charge < -0.3 is 5.32 Å². The van der Waals surface area contributed by atoms with Crippen LogP contribution in [0.3, 0.4) is 0 Å². The first-order valence-electron chi connectivity index (χ1n) is 7.75. The topological polar surface area (TPSA) is 46.2 Å². The fraction of sp³-hybridized carbons (Fsp3) is 0.263. The molecule has 1 unspecified atom stereocenters. The maximum atomic E-state index is 12.5. The fourth-order valence-corrected chi connectivity index (χ4v) is 3.51. The molecule has 0 aliphatic heterocycles. The summed E-state index contributed by atoms with van der Waals surface area (Å²) in [7, 11) is 0. The van der Waals surface area contributed by atoms with Crippen molar-refractivity contribution in [2.24, 2.45) is 0 Å². The van der Waals surface area contributed by atoms with E-state index in [1.54, 1.807) is 0 Å². The Bertz CT molecular complexity index is 716. The second-order valence-electron chi connectivity index (χ2n) is 5.51. The highest BCUT2D eigenvalue weighted by Gasteiger charge is 2.16. The van der Waals surface area contributed by atoms with Crippen LogP contribution in [0.1, 0.15) is 29.8 Å². The van der Waals surface area contributed by atoms with Crippen LogP contribution in [0.5, 0.6) is 0 Å². The number of carbonyl (C=O) groups is 2. The Morgan fingerprint density at radius 1 is 1.17 bits per heavy atom. The zero-order valence-corrected chi connectivity index (χ0v) is 15.3. The first-order valence-corrected chi connectivity index (χ1v) is 9.01. The summed E-state index contributed by atoms with van der Waals surface area (Å²) >= 11 is 7.48. The SMILES string of the molecule is CC(=O)NCCc1ccc(C(=O)C(C)Sc2cccc(Cl)c2)cc1. The molecule has 0 spiro atoms. The van der Waals surface area contributed by atoms with E-state index >= 15 is 0 Å². The molecule has 1 amide bonds. The predicted molar refractivity (Wildman–Crippen MR) is 99.9 cm³/mol. The molecule has 2 rings (SSSR count). The minimum absolute atomic E-state index is 0.0336. The highest BCUT2D eigenvalue weighted by atomic mass is 35.5. The van der Waals surface area contributed by atoms with Crippen LogP contribution in [0.25, 0.3) is 0 Å². The molecular formula is C19H20ClNO2S. The minimum Gasteiger partial charge on any atom is -0.356 e. The fourth-order valence-electron chi connectivity index (χ4n) is 2.25. The lowest BCUT2D eigenvalue weighted by Crippen LogP contribution is -2.22. The lowest BCUT2D eigenvalue weighted by atomic mass is 10.0. The van der Waals surface area contributed by atoms with Crippen molar-refractivity contribution in [2.75, 3.05) is 6.54 Å². The van der Waals surface area contributed by atoms with Crippen LogP contribution in [0.4, 0.5) is 0 Å². The van der Waals surface area contributed by atoms with Crippen LogP contribution >= 0.6 is 23.4 Å². The molecule has 2 aromatic carbocycles. The summed E-state index contributed by atoms with van der Waals surface area (Å²) in [6.45, 7) is 4.00. The number of nitrogens with one attached hydrogen (secondary N) is 1. The quantitative estimate of drug-likeness (QED) is 0.588. The number of benzene rings is 2. The van der Waals surface area contributed by atoms with E-state index in [2.05, 4.69) is 5.32 Å². The van der Waals surface area contributed by atoms with Gasteiger partial charge in [-0.25, -0.2) is 0 Å². The molecule has 0 fully saturated rings. The number of Topliss-reactive ketones (excluding diaryl/α,β-unsaturated/α-hetero) is 1. The molecular weight excluding hydrogens is 342 g/mol. The molecule has 126 valence electrons. The van der Waals surface area contributed by atoms with Crippen molar-refractivity contribution >= 4 is 35.1 Å². The van der Waals surface area contributed by atoms with Crippen molar-refractivity contribution in [3.05, 3.63) is 64.7 Å². The first kappa shape index (κ1) is 18.6. The van der Waals surface area contributed by atoms with Crippen molar-refractivity contribution < 1.29 is 9.59 Å². The molecule has 5 heteroatoms. The molecule has 0 heterocycles. The summed E-state index contributed by atoms with van der Waals surface area (Å²) in [6, 6.07) is 15.1. The Morgan fingerprint density at radius 2 is 1.88 bits per heavy atom. The lowest BCUT2D eigenvalue weighted by Gasteiger charge is -2.11. The van der Waals surface area contributed by atoms with E-state index in [0.29, 0.717) is 17.1 Å². The van der Waals surface area contributed by atoms with Gasteiger partial charge in [-0.1, -0.05) is 41.9 Å². The van der Waals surface area contributed by atoms with E-state index in [0.717, 1.165) is 16.9 Å². The van der Waals surface area contributed by atoms with Crippen molar-refractivity contribution in [2.45, 2.75) is 30.4 Å². The smallest absolute Gasteiger partial charge is 0.216 e. The van der Waals surface area contributed by atoms with Gasteiger partial charge in [0.2, 0.25) is 5.91 Å². The zero-order chi connectivity index (χ0) is 17.5. The first-order chi connectivity index (χ1) is 11.5. The van der Waals surface area contributed by atoms with E-state index in [1.807, 2.05) is 55.5 Å². The molecule has 0 aromatic heterocycles. The molecule has 0 aliphatic carbocycles. The third-order valence-corrected chi connectivity index (χ3v) is 4.83. The second-order valence-corrected chi connectivity index (χ2v) is 7.36. The van der Waals surface area contributed by atoms with Gasteiger partial charge in [0.25, 0.3) is 0 Å². The van der Waals surface area contributed by atoms with Gasteiger partial charge in [-0.3, -0.25) is 9.59 Å². The van der Waals surface area contributed by atoms with Gasteiger partial charge in [-0.05, 0) is 37.1 Å². The van der Waals surface area contributed by atoms with E-state index in [4.69, 9.17) is 11.6 Å². The maximum absolute atomic E-state index is 12.5. The molecule has 1 atom stereocenters. The maximum Gasteiger partial charge on any atom is 0.216 e. The Balaban J connectivity index is 1.95. The number of rotatable bonds is 7. The van der Waals surface area contributed by atoms with E-state index < -0.39 is 0 Å². The number of carbonyl (C=O) groups excluding carboxylic acids is 2. The van der Waals surface area contributed by atoms with E-state index in [-0.39, 0.29) is 16.9 Å². The van der Waals surface area contributed by atoms with Gasteiger partial charge in [0.1, 0.15) is 0 Å². The van der Waals surface area contributed by atoms with Crippen molar-refractivity contribution in [1.29, 1.82) is 0 Å². The number of ketones is 1. The van der Waals surface area contributed by atoms with Crippen LogP contribution in [0, 0.1) is 0 Å².